The summed E-state index contributed by atoms with van der Waals surface area (Å²) in [5.74, 6) is 0.723. The second kappa shape index (κ2) is 17.1. The topological polar surface area (TPSA) is 0 Å². The zero-order chi connectivity index (χ0) is 14.9. The quantitative estimate of drug-likeness (QED) is 0.254. The van der Waals surface area contributed by atoms with Crippen molar-refractivity contribution in [2.45, 2.75) is 117 Å². The minimum atomic E-state index is 0.723. The molecular weight excluding hydrogens is 240 g/mol. The Morgan fingerprint density at radius 2 is 0.800 bits per heavy atom. The summed E-state index contributed by atoms with van der Waals surface area (Å²) < 4.78 is 0. The summed E-state index contributed by atoms with van der Waals surface area (Å²) in [6.45, 7) is 8.91. The summed E-state index contributed by atoms with van der Waals surface area (Å²) >= 11 is 0. The first-order valence-corrected chi connectivity index (χ1v) is 9.64. The van der Waals surface area contributed by atoms with Gasteiger partial charge in [-0.2, -0.15) is 0 Å². The highest BCUT2D eigenvalue weighted by Crippen LogP contribution is 2.18. The van der Waals surface area contributed by atoms with E-state index >= 15 is 0 Å². The van der Waals surface area contributed by atoms with Crippen LogP contribution in [0.25, 0.3) is 0 Å². The summed E-state index contributed by atoms with van der Waals surface area (Å²) in [5, 5.41) is 0. The van der Waals surface area contributed by atoms with Crippen LogP contribution in [0.4, 0.5) is 0 Å². The van der Waals surface area contributed by atoms with Crippen LogP contribution in [0.3, 0.4) is 0 Å². The fraction of sp³-hybridized carbons (Fsp3) is 0.950. The van der Waals surface area contributed by atoms with E-state index in [1.165, 1.54) is 103 Å². The highest BCUT2D eigenvalue weighted by Gasteiger charge is 2.02. The average Bonchev–Trinajstić information content (AvgIpc) is 2.45. The maximum absolute atomic E-state index is 4.33. The summed E-state index contributed by atoms with van der Waals surface area (Å²) in [6, 6.07) is 0. The molecule has 0 aromatic heterocycles. The Hall–Kier alpha value is 0. The minimum absolute atomic E-state index is 0.723. The van der Waals surface area contributed by atoms with Gasteiger partial charge in [0, 0.05) is 0 Å². The fourth-order valence-corrected chi connectivity index (χ4v) is 2.92. The van der Waals surface area contributed by atoms with Crippen molar-refractivity contribution in [3.05, 3.63) is 6.92 Å². The highest BCUT2D eigenvalue weighted by molar-refractivity contribution is 4.62. The molecule has 0 heterocycles. The van der Waals surface area contributed by atoms with Crippen molar-refractivity contribution in [2.24, 2.45) is 5.92 Å². The maximum Gasteiger partial charge on any atom is -0.0414 e. The van der Waals surface area contributed by atoms with Gasteiger partial charge in [-0.25, -0.2) is 0 Å². The molecule has 0 rings (SSSR count). The van der Waals surface area contributed by atoms with Gasteiger partial charge in [0.25, 0.3) is 0 Å². The molecule has 0 saturated carbocycles. The van der Waals surface area contributed by atoms with E-state index in [4.69, 9.17) is 0 Å². The molecule has 0 fully saturated rings. The lowest BCUT2D eigenvalue weighted by atomic mass is 9.96. The second-order valence-electron chi connectivity index (χ2n) is 6.69. The van der Waals surface area contributed by atoms with Gasteiger partial charge in [0.05, 0.1) is 0 Å². The number of hydrogen-bond donors (Lipinski definition) is 0. The van der Waals surface area contributed by atoms with Crippen molar-refractivity contribution < 1.29 is 0 Å². The monoisotopic (exact) mass is 281 g/mol. The molecule has 0 nitrogen and oxygen atoms in total. The normalized spacial score (nSPS) is 11.4. The molecule has 0 saturated heterocycles. The molecule has 121 valence electrons. The molecule has 0 atom stereocenters. The molecule has 0 amide bonds. The molecule has 0 unspecified atom stereocenters. The summed E-state index contributed by atoms with van der Waals surface area (Å²) in [7, 11) is 0. The standard InChI is InChI=1S/C20H41/c1-4-6-8-10-12-14-16-18-20(3)19-17-15-13-11-9-7-5-2/h20H,3-19H2,1-2H3. The minimum Gasteiger partial charge on any atom is -0.0654 e. The molecule has 0 aliphatic carbocycles. The van der Waals surface area contributed by atoms with E-state index in [9.17, 15) is 0 Å². The van der Waals surface area contributed by atoms with Gasteiger partial charge in [0.15, 0.2) is 0 Å². The molecule has 0 heteroatoms. The van der Waals surface area contributed by atoms with Crippen molar-refractivity contribution in [2.75, 3.05) is 0 Å². The molecule has 0 spiro atoms. The van der Waals surface area contributed by atoms with E-state index in [0.29, 0.717) is 0 Å². The molecule has 0 aliphatic rings. The molecule has 0 aromatic carbocycles. The summed E-state index contributed by atoms with van der Waals surface area (Å²) in [4.78, 5) is 0. The van der Waals surface area contributed by atoms with Gasteiger partial charge in [-0.3, -0.25) is 0 Å². The Kier molecular flexibility index (Phi) is 17.1. The van der Waals surface area contributed by atoms with Crippen LogP contribution in [0, 0.1) is 12.8 Å². The van der Waals surface area contributed by atoms with Crippen molar-refractivity contribution in [1.29, 1.82) is 0 Å². The van der Waals surface area contributed by atoms with Gasteiger partial charge >= 0.3 is 0 Å². The molecule has 0 aliphatic heterocycles. The van der Waals surface area contributed by atoms with Crippen LogP contribution in [0.1, 0.15) is 117 Å². The Balaban J connectivity index is 3.11. The molecule has 20 heavy (non-hydrogen) atoms. The van der Waals surface area contributed by atoms with E-state index in [0.717, 1.165) is 5.92 Å². The van der Waals surface area contributed by atoms with Crippen LogP contribution in [-0.4, -0.2) is 0 Å². The van der Waals surface area contributed by atoms with Crippen LogP contribution in [-0.2, 0) is 0 Å². The largest absolute Gasteiger partial charge is 0.0654 e. The third kappa shape index (κ3) is 16.1. The molecule has 0 aromatic rings. The SMILES string of the molecule is [CH2]C(CCCCCCCCC)CCCCCCCCC. The van der Waals surface area contributed by atoms with Gasteiger partial charge in [0.2, 0.25) is 0 Å². The molecular formula is C20H41. The molecule has 0 N–H and O–H groups in total. The summed E-state index contributed by atoms with van der Waals surface area (Å²) in [5.41, 5.74) is 0. The van der Waals surface area contributed by atoms with Gasteiger partial charge in [-0.1, -0.05) is 124 Å². The first-order chi connectivity index (χ1) is 9.81. The van der Waals surface area contributed by atoms with Crippen molar-refractivity contribution in [1.82, 2.24) is 0 Å². The number of hydrogen-bond acceptors (Lipinski definition) is 0. The Bertz CT molecular complexity index is 143. The Morgan fingerprint density at radius 1 is 0.500 bits per heavy atom. The van der Waals surface area contributed by atoms with Crippen LogP contribution in [0.15, 0.2) is 0 Å². The van der Waals surface area contributed by atoms with Crippen molar-refractivity contribution in [3.8, 4) is 0 Å². The predicted molar refractivity (Wildman–Crippen MR) is 94.1 cm³/mol. The van der Waals surface area contributed by atoms with Gasteiger partial charge in [-0.15, -0.1) is 0 Å². The van der Waals surface area contributed by atoms with E-state index in [-0.39, 0.29) is 0 Å². The van der Waals surface area contributed by atoms with Gasteiger partial charge < -0.3 is 0 Å². The van der Waals surface area contributed by atoms with Crippen LogP contribution >= 0.6 is 0 Å². The van der Waals surface area contributed by atoms with Crippen LogP contribution < -0.4 is 0 Å². The predicted octanol–water partition coefficient (Wildman–Crippen LogP) is 7.72. The fourth-order valence-electron chi connectivity index (χ4n) is 2.92. The average molecular weight is 282 g/mol. The first-order valence-electron chi connectivity index (χ1n) is 9.64. The Morgan fingerprint density at radius 3 is 1.15 bits per heavy atom. The number of rotatable bonds is 16. The summed E-state index contributed by atoms with van der Waals surface area (Å²) in [6.07, 6.45) is 22.7. The zero-order valence-corrected chi connectivity index (χ0v) is 14.6. The molecule has 1 radical (unpaired) electrons. The lowest BCUT2D eigenvalue weighted by Crippen LogP contribution is -1.95. The third-order valence-electron chi connectivity index (χ3n) is 4.43. The number of unbranched alkanes of at least 4 members (excludes halogenated alkanes) is 12. The van der Waals surface area contributed by atoms with Gasteiger partial charge in [-0.05, 0) is 5.92 Å². The zero-order valence-electron chi connectivity index (χ0n) is 14.6. The smallest absolute Gasteiger partial charge is 0.0414 e. The van der Waals surface area contributed by atoms with E-state index in [1.807, 2.05) is 0 Å². The van der Waals surface area contributed by atoms with E-state index in [2.05, 4.69) is 20.8 Å². The van der Waals surface area contributed by atoms with Crippen LogP contribution in [0.2, 0.25) is 0 Å². The second-order valence-corrected chi connectivity index (χ2v) is 6.69. The van der Waals surface area contributed by atoms with E-state index in [1.54, 1.807) is 0 Å². The third-order valence-corrected chi connectivity index (χ3v) is 4.43. The van der Waals surface area contributed by atoms with Gasteiger partial charge in [0.1, 0.15) is 0 Å². The molecule has 0 bridgehead atoms. The first kappa shape index (κ1) is 20.0. The van der Waals surface area contributed by atoms with Crippen molar-refractivity contribution >= 4 is 0 Å². The maximum atomic E-state index is 4.33. The lowest BCUT2D eigenvalue weighted by Gasteiger charge is -2.10. The highest BCUT2D eigenvalue weighted by atomic mass is 14.1. The van der Waals surface area contributed by atoms with E-state index < -0.39 is 0 Å². The Labute approximate surface area is 130 Å². The van der Waals surface area contributed by atoms with Crippen molar-refractivity contribution in [3.63, 3.8) is 0 Å². The van der Waals surface area contributed by atoms with Crippen LogP contribution in [0.5, 0.6) is 0 Å². The lowest BCUT2D eigenvalue weighted by molar-refractivity contribution is 0.461.